The Kier molecular flexibility index (Phi) is 10.8. The zero-order chi connectivity index (χ0) is 26.5. The number of anilines is 5. The molecule has 0 aliphatic carbocycles. The number of nitrogens with zero attached hydrogens (tertiary/aromatic N) is 3. The smallest absolute Gasteiger partial charge is 0.239 e. The Bertz CT molecular complexity index is 1300. The van der Waals surface area contributed by atoms with Gasteiger partial charge in [-0.05, 0) is 62.2 Å². The summed E-state index contributed by atoms with van der Waals surface area (Å²) in [5.74, 6) is 1.59. The van der Waals surface area contributed by atoms with E-state index in [1.807, 2.05) is 13.3 Å². The normalized spacial score (nSPS) is 12.8. The number of likely N-dealkylation sites (N-methyl/N-ethyl adjacent to an activating group) is 1. The van der Waals surface area contributed by atoms with Crippen LogP contribution in [0.3, 0.4) is 0 Å². The first-order valence-corrected chi connectivity index (χ1v) is 14.6. The Morgan fingerprint density at radius 2 is 1.92 bits per heavy atom. The third-order valence-corrected chi connectivity index (χ3v) is 6.72. The third kappa shape index (κ3) is 7.58. The lowest BCUT2D eigenvalue weighted by molar-refractivity contribution is -0.113. The molecule has 3 N–H and O–H groups in total. The maximum Gasteiger partial charge on any atom is 0.239 e. The molecule has 0 radical (unpaired) electrons. The van der Waals surface area contributed by atoms with E-state index >= 15 is 0 Å². The van der Waals surface area contributed by atoms with Crippen LogP contribution in [-0.2, 0) is 17.8 Å². The number of aromatic nitrogens is 2. The van der Waals surface area contributed by atoms with Gasteiger partial charge in [-0.25, -0.2) is 4.98 Å². The molecule has 2 heterocycles. The number of alkyl halides is 1. The number of hydrogen-bond donors (Lipinski definition) is 3. The van der Waals surface area contributed by atoms with Crippen LogP contribution in [0.25, 0.3) is 0 Å². The third-order valence-electron chi connectivity index (χ3n) is 5.64. The van der Waals surface area contributed by atoms with Gasteiger partial charge in [0.25, 0.3) is 0 Å². The lowest BCUT2D eigenvalue weighted by atomic mass is 9.99. The van der Waals surface area contributed by atoms with Crippen LogP contribution >= 0.6 is 41.2 Å². The van der Waals surface area contributed by atoms with Gasteiger partial charge in [0.15, 0.2) is 5.82 Å². The number of ether oxygens (including phenoxy) is 1. The summed E-state index contributed by atoms with van der Waals surface area (Å²) in [5.41, 5.74) is 4.51. The van der Waals surface area contributed by atoms with Gasteiger partial charge in [0, 0.05) is 24.8 Å². The Morgan fingerprint density at radius 3 is 2.63 bits per heavy atom. The molecule has 0 saturated heterocycles. The molecule has 0 bridgehead atoms. The van der Waals surface area contributed by atoms with Crippen molar-refractivity contribution in [1.82, 2.24) is 14.9 Å². The van der Waals surface area contributed by atoms with E-state index in [4.69, 9.17) is 32.5 Å². The highest BCUT2D eigenvalue weighted by molar-refractivity contribution is 7.51. The molecule has 38 heavy (non-hydrogen) atoms. The SMILES string of the molecule is COc1cc2c(cc1Nc1ncc(Cl)c(Nc3ccc(NC(=O)CCl)cc3OP(C)C)n1)CN(C)CC2.P. The summed E-state index contributed by atoms with van der Waals surface area (Å²) in [5, 5.41) is 9.58. The zero-order valence-corrected chi connectivity index (χ0v) is 25.6. The van der Waals surface area contributed by atoms with Gasteiger partial charge in [0.2, 0.25) is 11.9 Å². The molecule has 1 aliphatic heterocycles. The summed E-state index contributed by atoms with van der Waals surface area (Å²) < 4.78 is 11.7. The molecule has 1 aromatic heterocycles. The molecule has 4 rings (SSSR count). The second kappa shape index (κ2) is 13.6. The molecular weight excluding hydrogens is 565 g/mol. The predicted molar refractivity (Wildman–Crippen MR) is 163 cm³/mol. The summed E-state index contributed by atoms with van der Waals surface area (Å²) >= 11 is 12.1. The fourth-order valence-corrected chi connectivity index (χ4v) is 4.68. The second-order valence-electron chi connectivity index (χ2n) is 8.75. The van der Waals surface area contributed by atoms with E-state index in [9.17, 15) is 4.79 Å². The van der Waals surface area contributed by atoms with Gasteiger partial charge < -0.3 is 30.1 Å². The first-order chi connectivity index (χ1) is 17.7. The molecule has 204 valence electrons. The summed E-state index contributed by atoms with van der Waals surface area (Å²) in [4.78, 5) is 23.0. The highest BCUT2D eigenvalue weighted by Crippen LogP contribution is 2.39. The molecule has 0 saturated carbocycles. The molecule has 1 unspecified atom stereocenters. The average molecular weight is 597 g/mol. The Balaban J connectivity index is 0.00000400. The first-order valence-electron chi connectivity index (χ1n) is 11.6. The Morgan fingerprint density at radius 1 is 1.13 bits per heavy atom. The van der Waals surface area contributed by atoms with E-state index in [0.29, 0.717) is 33.9 Å². The molecule has 0 fully saturated rings. The van der Waals surface area contributed by atoms with Crippen LogP contribution in [0.15, 0.2) is 36.5 Å². The van der Waals surface area contributed by atoms with Gasteiger partial charge in [0.1, 0.15) is 22.4 Å². The van der Waals surface area contributed by atoms with Crippen molar-refractivity contribution in [3.63, 3.8) is 0 Å². The highest BCUT2D eigenvalue weighted by atomic mass is 35.5. The number of fused-ring (bicyclic) bond motifs is 1. The first kappa shape index (κ1) is 30.1. The molecule has 13 heteroatoms. The van der Waals surface area contributed by atoms with Gasteiger partial charge in [-0.15, -0.1) is 11.6 Å². The van der Waals surface area contributed by atoms with E-state index in [2.05, 4.69) is 50.0 Å². The minimum Gasteiger partial charge on any atom is -0.495 e. The molecule has 3 aromatic rings. The number of nitrogens with one attached hydrogen (secondary N) is 3. The minimum absolute atomic E-state index is 0. The molecule has 1 aliphatic rings. The van der Waals surface area contributed by atoms with E-state index < -0.39 is 8.15 Å². The molecular formula is C25H32Cl2N6O3P2. The van der Waals surface area contributed by atoms with Crippen LogP contribution in [-0.4, -0.2) is 60.7 Å². The molecule has 1 atom stereocenters. The summed E-state index contributed by atoms with van der Waals surface area (Å²) in [7, 11) is 3.02. The number of carbonyl (C=O) groups excluding carboxylic acids is 1. The molecule has 9 nitrogen and oxygen atoms in total. The van der Waals surface area contributed by atoms with E-state index in [1.54, 1.807) is 25.3 Å². The summed E-state index contributed by atoms with van der Waals surface area (Å²) in [6.07, 6.45) is 2.50. The van der Waals surface area contributed by atoms with Gasteiger partial charge in [-0.2, -0.15) is 14.9 Å². The molecule has 0 spiro atoms. The van der Waals surface area contributed by atoms with E-state index in [0.717, 1.165) is 30.9 Å². The fraction of sp³-hybridized carbons (Fsp3) is 0.320. The lowest BCUT2D eigenvalue weighted by Gasteiger charge is -2.26. The number of rotatable bonds is 9. The van der Waals surface area contributed by atoms with Gasteiger partial charge >= 0.3 is 0 Å². The van der Waals surface area contributed by atoms with Gasteiger partial charge in [0.05, 0.1) is 32.8 Å². The van der Waals surface area contributed by atoms with Crippen molar-refractivity contribution >= 4 is 76.0 Å². The highest BCUT2D eigenvalue weighted by Gasteiger charge is 2.18. The monoisotopic (exact) mass is 596 g/mol. The zero-order valence-electron chi connectivity index (χ0n) is 21.8. The standard InChI is InChI=1S/C25H29Cl2N6O3P.H3P/c1-33-8-7-15-10-21(35-2)20(9-16(15)14-33)31-25-28-13-18(27)24(32-25)30-19-6-5-17(29-23(34)12-26)11-22(19)36-37(3)4;/h5-6,9-11,13H,7-8,12,14H2,1-4H3,(H,29,34)(H2,28,30,31,32);1H3. The number of halogens is 2. The fourth-order valence-electron chi connectivity index (χ4n) is 3.93. The largest absolute Gasteiger partial charge is 0.495 e. The minimum atomic E-state index is -0.739. The van der Waals surface area contributed by atoms with Crippen molar-refractivity contribution in [1.29, 1.82) is 0 Å². The van der Waals surface area contributed by atoms with Crippen LogP contribution < -0.4 is 25.2 Å². The molecule has 2 aromatic carbocycles. The Hall–Kier alpha value is -2.41. The van der Waals surface area contributed by atoms with Crippen LogP contribution in [0.2, 0.25) is 5.02 Å². The van der Waals surface area contributed by atoms with Crippen molar-refractivity contribution in [3.05, 3.63) is 52.7 Å². The number of methoxy groups -OCH3 is 1. The average Bonchev–Trinajstić information content (AvgIpc) is 2.86. The van der Waals surface area contributed by atoms with Crippen LogP contribution in [0.1, 0.15) is 11.1 Å². The van der Waals surface area contributed by atoms with Crippen molar-refractivity contribution in [2.24, 2.45) is 0 Å². The number of carbonyl (C=O) groups is 1. The van der Waals surface area contributed by atoms with Crippen molar-refractivity contribution in [3.8, 4) is 11.5 Å². The summed E-state index contributed by atoms with van der Waals surface area (Å²) in [6, 6.07) is 9.42. The van der Waals surface area contributed by atoms with Crippen molar-refractivity contribution < 1.29 is 14.1 Å². The van der Waals surface area contributed by atoms with Crippen LogP contribution in [0.5, 0.6) is 11.5 Å². The second-order valence-corrected chi connectivity index (χ2v) is 11.2. The maximum atomic E-state index is 11.7. The van der Waals surface area contributed by atoms with Gasteiger partial charge in [-0.3, -0.25) is 4.79 Å². The van der Waals surface area contributed by atoms with Crippen molar-refractivity contribution in [2.45, 2.75) is 13.0 Å². The van der Waals surface area contributed by atoms with Crippen LogP contribution in [0.4, 0.5) is 28.8 Å². The topological polar surface area (TPSA) is 101 Å². The Labute approximate surface area is 237 Å². The number of benzene rings is 2. The van der Waals surface area contributed by atoms with E-state index in [-0.39, 0.29) is 21.7 Å². The van der Waals surface area contributed by atoms with E-state index in [1.165, 1.54) is 17.3 Å². The lowest BCUT2D eigenvalue weighted by Crippen LogP contribution is -2.26. The van der Waals surface area contributed by atoms with Crippen LogP contribution in [0, 0.1) is 0 Å². The maximum absolute atomic E-state index is 11.7. The quantitative estimate of drug-likeness (QED) is 0.208. The number of amides is 1. The van der Waals surface area contributed by atoms with Crippen molar-refractivity contribution in [2.75, 3.05) is 55.9 Å². The number of hydrogen-bond acceptors (Lipinski definition) is 8. The summed E-state index contributed by atoms with van der Waals surface area (Å²) in [6.45, 7) is 5.84. The van der Waals surface area contributed by atoms with Gasteiger partial charge in [-0.1, -0.05) is 11.6 Å². The predicted octanol–water partition coefficient (Wildman–Crippen LogP) is 5.88. The molecule has 1 amide bonds.